The van der Waals surface area contributed by atoms with E-state index in [-0.39, 0.29) is 5.41 Å². The highest BCUT2D eigenvalue weighted by molar-refractivity contribution is 5.20. The topological polar surface area (TPSA) is 35.8 Å². The van der Waals surface area contributed by atoms with Gasteiger partial charge in [0.2, 0.25) is 0 Å². The predicted molar refractivity (Wildman–Crippen MR) is 35.5 cm³/mol. The third-order valence-electron chi connectivity index (χ3n) is 1.58. The van der Waals surface area contributed by atoms with Gasteiger partial charge in [-0.25, -0.2) is 0 Å². The minimum Gasteiger partial charge on any atom is -0.394 e. The SMILES string of the molecule is CN/C=C/C1(C#N)CC1. The summed E-state index contributed by atoms with van der Waals surface area (Å²) in [5.41, 5.74) is -0.0942. The molecule has 2 nitrogen and oxygen atoms in total. The lowest BCUT2D eigenvalue weighted by atomic mass is 10.1. The molecule has 0 bridgehead atoms. The lowest BCUT2D eigenvalue weighted by Gasteiger charge is -1.92. The van der Waals surface area contributed by atoms with Crippen molar-refractivity contribution in [1.29, 1.82) is 5.26 Å². The van der Waals surface area contributed by atoms with Gasteiger partial charge in [0.1, 0.15) is 0 Å². The van der Waals surface area contributed by atoms with Crippen LogP contribution in [0.15, 0.2) is 12.3 Å². The van der Waals surface area contributed by atoms with E-state index < -0.39 is 0 Å². The maximum atomic E-state index is 8.55. The minimum atomic E-state index is -0.0942. The maximum absolute atomic E-state index is 8.55. The predicted octanol–water partition coefficient (Wildman–Crippen LogP) is 1.02. The summed E-state index contributed by atoms with van der Waals surface area (Å²) in [5, 5.41) is 11.4. The molecule has 0 heterocycles. The molecule has 2 heteroatoms. The highest BCUT2D eigenvalue weighted by Gasteiger charge is 2.40. The first kappa shape index (κ1) is 6.15. The fourth-order valence-electron chi connectivity index (χ4n) is 0.693. The van der Waals surface area contributed by atoms with Gasteiger partial charge in [-0.15, -0.1) is 0 Å². The number of hydrogen-bond donors (Lipinski definition) is 1. The van der Waals surface area contributed by atoms with Crippen molar-refractivity contribution in [3.8, 4) is 6.07 Å². The molecule has 0 aromatic carbocycles. The molecule has 1 aliphatic rings. The fraction of sp³-hybridized carbons (Fsp3) is 0.571. The van der Waals surface area contributed by atoms with Crippen molar-refractivity contribution in [2.24, 2.45) is 5.41 Å². The van der Waals surface area contributed by atoms with Gasteiger partial charge in [-0.3, -0.25) is 0 Å². The van der Waals surface area contributed by atoms with Crippen molar-refractivity contribution in [1.82, 2.24) is 5.32 Å². The van der Waals surface area contributed by atoms with Crippen molar-refractivity contribution in [3.63, 3.8) is 0 Å². The molecule has 0 aliphatic heterocycles. The first-order valence-corrected chi connectivity index (χ1v) is 3.09. The van der Waals surface area contributed by atoms with Crippen LogP contribution in [0.25, 0.3) is 0 Å². The van der Waals surface area contributed by atoms with Crippen LogP contribution in [0, 0.1) is 16.7 Å². The molecule has 1 aliphatic carbocycles. The summed E-state index contributed by atoms with van der Waals surface area (Å²) >= 11 is 0. The van der Waals surface area contributed by atoms with E-state index in [1.807, 2.05) is 19.3 Å². The van der Waals surface area contributed by atoms with Crippen LogP contribution in [-0.2, 0) is 0 Å². The summed E-state index contributed by atoms with van der Waals surface area (Å²) < 4.78 is 0. The Morgan fingerprint density at radius 3 is 2.67 bits per heavy atom. The Labute approximate surface area is 55.2 Å². The molecule has 0 radical (unpaired) electrons. The van der Waals surface area contributed by atoms with Crippen LogP contribution in [0.4, 0.5) is 0 Å². The van der Waals surface area contributed by atoms with E-state index >= 15 is 0 Å². The van der Waals surface area contributed by atoms with E-state index in [1.165, 1.54) is 0 Å². The summed E-state index contributed by atoms with van der Waals surface area (Å²) in [6, 6.07) is 2.26. The summed E-state index contributed by atoms with van der Waals surface area (Å²) in [6.45, 7) is 0. The average Bonchev–Trinajstić information content (AvgIpc) is 2.65. The summed E-state index contributed by atoms with van der Waals surface area (Å²) in [6.07, 6.45) is 5.83. The number of allylic oxidation sites excluding steroid dienone is 1. The van der Waals surface area contributed by atoms with Gasteiger partial charge in [-0.05, 0) is 25.1 Å². The quantitative estimate of drug-likeness (QED) is 0.593. The maximum Gasteiger partial charge on any atom is 0.0771 e. The van der Waals surface area contributed by atoms with Crippen molar-refractivity contribution in [3.05, 3.63) is 12.3 Å². The second-order valence-corrected chi connectivity index (χ2v) is 2.39. The van der Waals surface area contributed by atoms with Gasteiger partial charge < -0.3 is 5.32 Å². The first-order chi connectivity index (χ1) is 4.33. The largest absolute Gasteiger partial charge is 0.394 e. The van der Waals surface area contributed by atoms with Crippen molar-refractivity contribution < 1.29 is 0 Å². The van der Waals surface area contributed by atoms with Crippen LogP contribution in [-0.4, -0.2) is 7.05 Å². The molecule has 0 aromatic rings. The zero-order chi connectivity index (χ0) is 6.74. The van der Waals surface area contributed by atoms with Crippen molar-refractivity contribution in [2.75, 3.05) is 7.05 Å². The fourth-order valence-corrected chi connectivity index (χ4v) is 0.693. The normalized spacial score (nSPS) is 21.3. The molecule has 0 atom stereocenters. The number of nitrogens with one attached hydrogen (secondary N) is 1. The van der Waals surface area contributed by atoms with E-state index in [2.05, 4.69) is 11.4 Å². The zero-order valence-corrected chi connectivity index (χ0v) is 5.52. The van der Waals surface area contributed by atoms with Gasteiger partial charge >= 0.3 is 0 Å². The molecule has 0 spiro atoms. The van der Waals surface area contributed by atoms with Gasteiger partial charge in [0.25, 0.3) is 0 Å². The van der Waals surface area contributed by atoms with Crippen LogP contribution in [0.1, 0.15) is 12.8 Å². The van der Waals surface area contributed by atoms with Gasteiger partial charge in [0, 0.05) is 7.05 Å². The van der Waals surface area contributed by atoms with Crippen LogP contribution >= 0.6 is 0 Å². The van der Waals surface area contributed by atoms with Gasteiger partial charge in [0.05, 0.1) is 11.5 Å². The highest BCUT2D eigenvalue weighted by Crippen LogP contribution is 2.45. The molecule has 1 N–H and O–H groups in total. The standard InChI is InChI=1S/C7H10N2/c1-9-5-4-7(6-8)2-3-7/h4-5,9H,2-3H2,1H3/b5-4+. The molecule has 0 amide bonds. The molecule has 0 saturated heterocycles. The Morgan fingerprint density at radius 2 is 2.33 bits per heavy atom. The third kappa shape index (κ3) is 1.23. The third-order valence-corrected chi connectivity index (χ3v) is 1.58. The number of nitriles is 1. The van der Waals surface area contributed by atoms with Crippen LogP contribution in [0.5, 0.6) is 0 Å². The van der Waals surface area contributed by atoms with E-state index in [4.69, 9.17) is 5.26 Å². The Kier molecular flexibility index (Phi) is 1.44. The van der Waals surface area contributed by atoms with E-state index in [0.29, 0.717) is 0 Å². The molecule has 48 valence electrons. The highest BCUT2D eigenvalue weighted by atomic mass is 14.8. The van der Waals surface area contributed by atoms with E-state index in [1.54, 1.807) is 0 Å². The zero-order valence-electron chi connectivity index (χ0n) is 5.52. The second-order valence-electron chi connectivity index (χ2n) is 2.39. The summed E-state index contributed by atoms with van der Waals surface area (Å²) in [5.74, 6) is 0. The lowest BCUT2D eigenvalue weighted by Crippen LogP contribution is -1.96. The Bertz CT molecular complexity index is 160. The van der Waals surface area contributed by atoms with E-state index in [9.17, 15) is 0 Å². The Balaban J connectivity index is 2.45. The molecular weight excluding hydrogens is 112 g/mol. The first-order valence-electron chi connectivity index (χ1n) is 3.09. The van der Waals surface area contributed by atoms with Crippen LogP contribution < -0.4 is 5.32 Å². The van der Waals surface area contributed by atoms with Crippen molar-refractivity contribution >= 4 is 0 Å². The second kappa shape index (κ2) is 2.10. The molecule has 1 rings (SSSR count). The van der Waals surface area contributed by atoms with Crippen molar-refractivity contribution in [2.45, 2.75) is 12.8 Å². The van der Waals surface area contributed by atoms with Gasteiger partial charge in [-0.1, -0.05) is 0 Å². The van der Waals surface area contributed by atoms with E-state index in [0.717, 1.165) is 12.8 Å². The number of rotatable bonds is 2. The molecule has 9 heavy (non-hydrogen) atoms. The molecule has 1 saturated carbocycles. The lowest BCUT2D eigenvalue weighted by molar-refractivity contribution is 0.862. The Morgan fingerprint density at radius 1 is 1.67 bits per heavy atom. The number of hydrogen-bond acceptors (Lipinski definition) is 2. The minimum absolute atomic E-state index is 0.0942. The molecular formula is C7H10N2. The molecule has 0 aromatic heterocycles. The number of nitrogens with zero attached hydrogens (tertiary/aromatic N) is 1. The van der Waals surface area contributed by atoms with Gasteiger partial charge in [-0.2, -0.15) is 5.26 Å². The van der Waals surface area contributed by atoms with Gasteiger partial charge in [0.15, 0.2) is 0 Å². The monoisotopic (exact) mass is 122 g/mol. The molecule has 0 unspecified atom stereocenters. The van der Waals surface area contributed by atoms with Crippen LogP contribution in [0.3, 0.4) is 0 Å². The molecule has 1 fully saturated rings. The average molecular weight is 122 g/mol. The summed E-state index contributed by atoms with van der Waals surface area (Å²) in [7, 11) is 1.84. The Hall–Kier alpha value is -0.970. The smallest absolute Gasteiger partial charge is 0.0771 e. The summed E-state index contributed by atoms with van der Waals surface area (Å²) in [4.78, 5) is 0. The van der Waals surface area contributed by atoms with Crippen LogP contribution in [0.2, 0.25) is 0 Å².